The molecule has 4 nitrogen and oxygen atoms in total. The summed E-state index contributed by atoms with van der Waals surface area (Å²) in [6.45, 7) is 8.10. The van der Waals surface area contributed by atoms with E-state index in [1.54, 1.807) is 16.4 Å². The molecule has 1 aliphatic heterocycles. The minimum absolute atomic E-state index is 0. The number of nitrogens with one attached hydrogen (secondary N) is 1. The third-order valence-electron chi connectivity index (χ3n) is 3.59. The van der Waals surface area contributed by atoms with Crippen molar-refractivity contribution in [1.29, 1.82) is 0 Å². The number of hydrogen-bond acceptors (Lipinski definition) is 3. The van der Waals surface area contributed by atoms with E-state index in [1.165, 1.54) is 0 Å². The van der Waals surface area contributed by atoms with Gasteiger partial charge in [-0.15, -0.1) is 12.4 Å². The third kappa shape index (κ3) is 3.52. The van der Waals surface area contributed by atoms with Crippen LogP contribution in [0.5, 0.6) is 0 Å². The lowest BCUT2D eigenvalue weighted by Crippen LogP contribution is -2.52. The van der Waals surface area contributed by atoms with Crippen molar-refractivity contribution in [2.45, 2.75) is 37.6 Å². The molecule has 6 heteroatoms. The molecule has 0 aliphatic carbocycles. The number of piperazine rings is 1. The highest BCUT2D eigenvalue weighted by Gasteiger charge is 2.30. The molecule has 1 unspecified atom stereocenters. The van der Waals surface area contributed by atoms with Crippen molar-refractivity contribution >= 4 is 22.4 Å². The minimum atomic E-state index is -3.36. The zero-order chi connectivity index (χ0) is 14.0. The Hall–Kier alpha value is -0.620. The first-order valence-corrected chi connectivity index (χ1v) is 8.19. The normalized spacial score (nSPS) is 20.7. The monoisotopic (exact) mass is 318 g/mol. The molecule has 0 radical (unpaired) electrons. The fraction of sp³-hybridized carbons (Fsp3) is 0.571. The van der Waals surface area contributed by atoms with Gasteiger partial charge in [0.2, 0.25) is 10.0 Å². The van der Waals surface area contributed by atoms with Crippen LogP contribution in [-0.2, 0) is 10.0 Å². The first kappa shape index (κ1) is 17.4. The molecule has 0 aromatic heterocycles. The Bertz CT molecular complexity index is 529. The van der Waals surface area contributed by atoms with E-state index in [0.29, 0.717) is 30.4 Å². The van der Waals surface area contributed by atoms with Gasteiger partial charge in [-0.25, -0.2) is 8.42 Å². The number of nitrogens with zero attached hydrogens (tertiary/aromatic N) is 1. The summed E-state index contributed by atoms with van der Waals surface area (Å²) in [6.07, 6.45) is 0. The standard InChI is InChI=1S/C14H22N2O2S.ClH/c1-11(2)13-4-6-14(7-5-13)19(17,18)16-9-8-15-10-12(16)3;/h4-7,11-12,15H,8-10H2,1-3H3;1H. The molecular formula is C14H23ClN2O2S. The molecule has 1 aromatic carbocycles. The summed E-state index contributed by atoms with van der Waals surface area (Å²) >= 11 is 0. The molecule has 0 saturated carbocycles. The predicted molar refractivity (Wildman–Crippen MR) is 84.0 cm³/mol. The topological polar surface area (TPSA) is 49.4 Å². The molecule has 1 aliphatic rings. The van der Waals surface area contributed by atoms with Crippen molar-refractivity contribution in [2.75, 3.05) is 19.6 Å². The molecule has 114 valence electrons. The fourth-order valence-electron chi connectivity index (χ4n) is 2.34. The predicted octanol–water partition coefficient (Wildman–Crippen LogP) is 2.21. The van der Waals surface area contributed by atoms with Crippen LogP contribution >= 0.6 is 12.4 Å². The Morgan fingerprint density at radius 3 is 2.35 bits per heavy atom. The highest BCUT2D eigenvalue weighted by molar-refractivity contribution is 7.89. The van der Waals surface area contributed by atoms with Gasteiger partial charge in [0.25, 0.3) is 0 Å². The number of halogens is 1. The second kappa shape index (κ2) is 6.89. The van der Waals surface area contributed by atoms with Crippen molar-refractivity contribution in [1.82, 2.24) is 9.62 Å². The number of rotatable bonds is 3. The fourth-order valence-corrected chi connectivity index (χ4v) is 3.97. The smallest absolute Gasteiger partial charge is 0.243 e. The molecule has 2 rings (SSSR count). The molecule has 1 saturated heterocycles. The van der Waals surface area contributed by atoms with Gasteiger partial charge in [-0.3, -0.25) is 0 Å². The Morgan fingerprint density at radius 1 is 1.25 bits per heavy atom. The van der Waals surface area contributed by atoms with E-state index in [9.17, 15) is 8.42 Å². The maximum Gasteiger partial charge on any atom is 0.243 e. The van der Waals surface area contributed by atoms with Gasteiger partial charge < -0.3 is 5.32 Å². The second-order valence-electron chi connectivity index (χ2n) is 5.39. The molecule has 1 heterocycles. The van der Waals surface area contributed by atoms with Crippen LogP contribution in [0.2, 0.25) is 0 Å². The summed E-state index contributed by atoms with van der Waals surface area (Å²) in [4.78, 5) is 0.394. The average molecular weight is 319 g/mol. The number of sulfonamides is 1. The summed E-state index contributed by atoms with van der Waals surface area (Å²) in [5.74, 6) is 0.412. The Labute approximate surface area is 128 Å². The average Bonchev–Trinajstić information content (AvgIpc) is 2.39. The van der Waals surface area contributed by atoms with Crippen molar-refractivity contribution in [3.8, 4) is 0 Å². The van der Waals surface area contributed by atoms with Crippen LogP contribution in [0, 0.1) is 0 Å². The van der Waals surface area contributed by atoms with E-state index in [-0.39, 0.29) is 18.4 Å². The van der Waals surface area contributed by atoms with Gasteiger partial charge in [0.1, 0.15) is 0 Å². The van der Waals surface area contributed by atoms with Crippen molar-refractivity contribution < 1.29 is 8.42 Å². The van der Waals surface area contributed by atoms with Gasteiger partial charge in [-0.1, -0.05) is 26.0 Å². The van der Waals surface area contributed by atoms with Crippen LogP contribution < -0.4 is 5.32 Å². The Morgan fingerprint density at radius 2 is 1.85 bits per heavy atom. The van der Waals surface area contributed by atoms with Crippen LogP contribution in [0.15, 0.2) is 29.2 Å². The van der Waals surface area contributed by atoms with E-state index in [1.807, 2.05) is 19.1 Å². The van der Waals surface area contributed by atoms with Crippen molar-refractivity contribution in [3.05, 3.63) is 29.8 Å². The van der Waals surface area contributed by atoms with Crippen LogP contribution in [0.3, 0.4) is 0 Å². The summed E-state index contributed by atoms with van der Waals surface area (Å²) in [5.41, 5.74) is 1.16. The SMILES string of the molecule is CC(C)c1ccc(S(=O)(=O)N2CCNCC2C)cc1.Cl. The zero-order valence-electron chi connectivity index (χ0n) is 12.2. The molecule has 1 aromatic rings. The summed E-state index contributed by atoms with van der Waals surface area (Å²) in [7, 11) is -3.36. The highest BCUT2D eigenvalue weighted by atomic mass is 35.5. The Balaban J connectivity index is 0.00000200. The first-order chi connectivity index (χ1) is 8.93. The zero-order valence-corrected chi connectivity index (χ0v) is 13.8. The van der Waals surface area contributed by atoms with Crippen LogP contribution in [-0.4, -0.2) is 38.4 Å². The van der Waals surface area contributed by atoms with E-state index >= 15 is 0 Å². The summed E-state index contributed by atoms with van der Waals surface area (Å²) < 4.78 is 26.7. The summed E-state index contributed by atoms with van der Waals surface area (Å²) in [6, 6.07) is 7.26. The minimum Gasteiger partial charge on any atom is -0.314 e. The lowest BCUT2D eigenvalue weighted by molar-refractivity contribution is 0.284. The van der Waals surface area contributed by atoms with Crippen LogP contribution in [0.4, 0.5) is 0 Å². The van der Waals surface area contributed by atoms with E-state index < -0.39 is 10.0 Å². The van der Waals surface area contributed by atoms with Gasteiger partial charge in [0, 0.05) is 25.7 Å². The molecular weight excluding hydrogens is 296 g/mol. The molecule has 0 bridgehead atoms. The van der Waals surface area contributed by atoms with Crippen molar-refractivity contribution in [3.63, 3.8) is 0 Å². The number of benzene rings is 1. The van der Waals surface area contributed by atoms with Crippen molar-refractivity contribution in [2.24, 2.45) is 0 Å². The van der Waals surface area contributed by atoms with Gasteiger partial charge in [0.15, 0.2) is 0 Å². The molecule has 1 fully saturated rings. The first-order valence-electron chi connectivity index (χ1n) is 6.75. The lowest BCUT2D eigenvalue weighted by Gasteiger charge is -2.32. The molecule has 1 N–H and O–H groups in total. The summed E-state index contributed by atoms with van der Waals surface area (Å²) in [5, 5.41) is 3.21. The number of hydrogen-bond donors (Lipinski definition) is 1. The molecule has 20 heavy (non-hydrogen) atoms. The lowest BCUT2D eigenvalue weighted by atomic mass is 10.0. The van der Waals surface area contributed by atoms with Gasteiger partial charge >= 0.3 is 0 Å². The van der Waals surface area contributed by atoms with Gasteiger partial charge in [-0.05, 0) is 30.5 Å². The van der Waals surface area contributed by atoms with E-state index in [4.69, 9.17) is 0 Å². The van der Waals surface area contributed by atoms with Crippen LogP contribution in [0.25, 0.3) is 0 Å². The van der Waals surface area contributed by atoms with Crippen LogP contribution in [0.1, 0.15) is 32.3 Å². The quantitative estimate of drug-likeness (QED) is 0.929. The second-order valence-corrected chi connectivity index (χ2v) is 7.28. The van der Waals surface area contributed by atoms with E-state index in [0.717, 1.165) is 5.56 Å². The molecule has 0 spiro atoms. The largest absolute Gasteiger partial charge is 0.314 e. The maximum atomic E-state index is 12.6. The molecule has 1 atom stereocenters. The third-order valence-corrected chi connectivity index (χ3v) is 5.62. The van der Waals surface area contributed by atoms with Gasteiger partial charge in [-0.2, -0.15) is 4.31 Å². The van der Waals surface area contributed by atoms with E-state index in [2.05, 4.69) is 19.2 Å². The van der Waals surface area contributed by atoms with Gasteiger partial charge in [0.05, 0.1) is 4.90 Å². The maximum absolute atomic E-state index is 12.6. The highest BCUT2D eigenvalue weighted by Crippen LogP contribution is 2.22. The molecule has 0 amide bonds. The Kier molecular flexibility index (Phi) is 6.01.